The SMILES string of the molecule is CC/C=C\c1c(C)cccc1CC(C)C. The zero-order valence-corrected chi connectivity index (χ0v) is 10.4. The molecule has 0 amide bonds. The van der Waals surface area contributed by atoms with Gasteiger partial charge in [0, 0.05) is 0 Å². The molecule has 0 fully saturated rings. The lowest BCUT2D eigenvalue weighted by molar-refractivity contribution is 0.646. The van der Waals surface area contributed by atoms with Gasteiger partial charge in [-0.15, -0.1) is 0 Å². The second kappa shape index (κ2) is 5.75. The van der Waals surface area contributed by atoms with Crippen LogP contribution < -0.4 is 0 Å². The van der Waals surface area contributed by atoms with Crippen LogP contribution in [0.25, 0.3) is 6.08 Å². The second-order valence-electron chi connectivity index (χ2n) is 4.56. The molecule has 1 rings (SSSR count). The molecule has 0 aliphatic carbocycles. The maximum atomic E-state index is 2.27. The topological polar surface area (TPSA) is 0 Å². The van der Waals surface area contributed by atoms with Gasteiger partial charge in [-0.2, -0.15) is 0 Å². The summed E-state index contributed by atoms with van der Waals surface area (Å²) in [6, 6.07) is 6.61. The smallest absolute Gasteiger partial charge is 0.0198 e. The normalized spacial score (nSPS) is 11.5. The molecule has 1 aromatic carbocycles. The predicted octanol–water partition coefficient (Wildman–Crippen LogP) is 4.62. The van der Waals surface area contributed by atoms with Crippen molar-refractivity contribution in [2.24, 2.45) is 5.92 Å². The Labute approximate surface area is 94.0 Å². The summed E-state index contributed by atoms with van der Waals surface area (Å²) in [6.45, 7) is 8.92. The molecule has 0 heterocycles. The molecular formula is C15H22. The minimum absolute atomic E-state index is 0.723. The molecule has 0 aliphatic heterocycles. The summed E-state index contributed by atoms with van der Waals surface area (Å²) in [5.74, 6) is 0.723. The van der Waals surface area contributed by atoms with Crippen LogP contribution >= 0.6 is 0 Å². The van der Waals surface area contributed by atoms with Crippen LogP contribution in [0.3, 0.4) is 0 Å². The highest BCUT2D eigenvalue weighted by atomic mass is 14.1. The third-order valence-electron chi connectivity index (χ3n) is 2.56. The van der Waals surface area contributed by atoms with Crippen molar-refractivity contribution in [2.75, 3.05) is 0 Å². The largest absolute Gasteiger partial charge is 0.0842 e. The summed E-state index contributed by atoms with van der Waals surface area (Å²) in [5, 5.41) is 0. The zero-order chi connectivity index (χ0) is 11.3. The van der Waals surface area contributed by atoms with E-state index in [1.807, 2.05) is 0 Å². The fourth-order valence-corrected chi connectivity index (χ4v) is 1.83. The molecule has 0 radical (unpaired) electrons. The van der Waals surface area contributed by atoms with Crippen LogP contribution in [0.15, 0.2) is 24.3 Å². The number of aryl methyl sites for hydroxylation is 1. The lowest BCUT2D eigenvalue weighted by Gasteiger charge is -2.11. The van der Waals surface area contributed by atoms with E-state index in [2.05, 4.69) is 58.0 Å². The number of hydrogen-bond acceptors (Lipinski definition) is 0. The molecule has 0 saturated heterocycles. The Morgan fingerprint density at radius 1 is 1.27 bits per heavy atom. The van der Waals surface area contributed by atoms with Gasteiger partial charge in [-0.3, -0.25) is 0 Å². The minimum Gasteiger partial charge on any atom is -0.0842 e. The quantitative estimate of drug-likeness (QED) is 0.668. The fraction of sp³-hybridized carbons (Fsp3) is 0.467. The van der Waals surface area contributed by atoms with Crippen molar-refractivity contribution in [1.82, 2.24) is 0 Å². The predicted molar refractivity (Wildman–Crippen MR) is 69.0 cm³/mol. The number of allylic oxidation sites excluding steroid dienone is 1. The lowest BCUT2D eigenvalue weighted by atomic mass is 9.94. The van der Waals surface area contributed by atoms with Gasteiger partial charge in [0.15, 0.2) is 0 Å². The Morgan fingerprint density at radius 3 is 2.60 bits per heavy atom. The number of benzene rings is 1. The second-order valence-corrected chi connectivity index (χ2v) is 4.56. The minimum atomic E-state index is 0.723. The van der Waals surface area contributed by atoms with E-state index in [-0.39, 0.29) is 0 Å². The molecule has 0 unspecified atom stereocenters. The maximum absolute atomic E-state index is 2.27. The summed E-state index contributed by atoms with van der Waals surface area (Å²) < 4.78 is 0. The van der Waals surface area contributed by atoms with Gasteiger partial charge in [0.25, 0.3) is 0 Å². The first-order chi connectivity index (χ1) is 7.15. The van der Waals surface area contributed by atoms with Crippen molar-refractivity contribution in [3.8, 4) is 0 Å². The summed E-state index contributed by atoms with van der Waals surface area (Å²) >= 11 is 0. The summed E-state index contributed by atoms with van der Waals surface area (Å²) in [4.78, 5) is 0. The van der Waals surface area contributed by atoms with Crippen molar-refractivity contribution < 1.29 is 0 Å². The first-order valence-electron chi connectivity index (χ1n) is 5.90. The van der Waals surface area contributed by atoms with Crippen molar-refractivity contribution in [1.29, 1.82) is 0 Å². The van der Waals surface area contributed by atoms with Crippen LogP contribution in [-0.4, -0.2) is 0 Å². The van der Waals surface area contributed by atoms with E-state index in [1.54, 1.807) is 0 Å². The molecule has 0 aromatic heterocycles. The Kier molecular flexibility index (Phi) is 4.61. The van der Waals surface area contributed by atoms with Crippen LogP contribution in [0, 0.1) is 12.8 Å². The van der Waals surface area contributed by atoms with Crippen molar-refractivity contribution in [3.05, 3.63) is 41.0 Å². The Balaban J connectivity index is 3.02. The first kappa shape index (κ1) is 12.0. The van der Waals surface area contributed by atoms with Crippen molar-refractivity contribution >= 4 is 6.08 Å². The molecule has 0 aliphatic rings. The molecule has 0 N–H and O–H groups in total. The third kappa shape index (κ3) is 3.54. The van der Waals surface area contributed by atoms with Gasteiger partial charge in [0.1, 0.15) is 0 Å². The van der Waals surface area contributed by atoms with E-state index in [4.69, 9.17) is 0 Å². The molecular weight excluding hydrogens is 180 g/mol. The Bertz CT molecular complexity index is 332. The standard InChI is InChI=1S/C15H22/c1-5-6-10-15-13(4)8-7-9-14(15)11-12(2)3/h6-10,12H,5,11H2,1-4H3/b10-6-. The highest BCUT2D eigenvalue weighted by Gasteiger charge is 2.04. The third-order valence-corrected chi connectivity index (χ3v) is 2.56. The molecule has 82 valence electrons. The van der Waals surface area contributed by atoms with Gasteiger partial charge < -0.3 is 0 Å². The summed E-state index contributed by atoms with van der Waals surface area (Å²) in [5.41, 5.74) is 4.29. The molecule has 0 bridgehead atoms. The van der Waals surface area contributed by atoms with E-state index in [0.29, 0.717) is 0 Å². The number of hydrogen-bond donors (Lipinski definition) is 0. The molecule has 15 heavy (non-hydrogen) atoms. The highest BCUT2D eigenvalue weighted by Crippen LogP contribution is 2.19. The van der Waals surface area contributed by atoms with E-state index in [9.17, 15) is 0 Å². The van der Waals surface area contributed by atoms with Gasteiger partial charge >= 0.3 is 0 Å². The molecule has 0 atom stereocenters. The zero-order valence-electron chi connectivity index (χ0n) is 10.4. The van der Waals surface area contributed by atoms with Gasteiger partial charge in [-0.05, 0) is 42.4 Å². The van der Waals surface area contributed by atoms with Crippen LogP contribution in [-0.2, 0) is 6.42 Å². The summed E-state index contributed by atoms with van der Waals surface area (Å²) in [7, 11) is 0. The van der Waals surface area contributed by atoms with Gasteiger partial charge in [0.2, 0.25) is 0 Å². The molecule has 0 saturated carbocycles. The highest BCUT2D eigenvalue weighted by molar-refractivity contribution is 5.57. The van der Waals surface area contributed by atoms with E-state index in [0.717, 1.165) is 12.3 Å². The van der Waals surface area contributed by atoms with Crippen LogP contribution in [0.2, 0.25) is 0 Å². The average Bonchev–Trinajstić information content (AvgIpc) is 2.16. The Hall–Kier alpha value is -1.04. The van der Waals surface area contributed by atoms with E-state index < -0.39 is 0 Å². The van der Waals surface area contributed by atoms with Crippen LogP contribution in [0.4, 0.5) is 0 Å². The lowest BCUT2D eigenvalue weighted by Crippen LogP contribution is -1.98. The average molecular weight is 202 g/mol. The summed E-state index contributed by atoms with van der Waals surface area (Å²) in [6.07, 6.45) is 6.79. The van der Waals surface area contributed by atoms with E-state index in [1.165, 1.54) is 23.1 Å². The Morgan fingerprint density at radius 2 is 2.00 bits per heavy atom. The fourth-order valence-electron chi connectivity index (χ4n) is 1.83. The monoisotopic (exact) mass is 202 g/mol. The van der Waals surface area contributed by atoms with Crippen molar-refractivity contribution in [2.45, 2.75) is 40.5 Å². The number of rotatable bonds is 4. The van der Waals surface area contributed by atoms with Crippen LogP contribution in [0.1, 0.15) is 43.9 Å². The molecule has 0 nitrogen and oxygen atoms in total. The molecule has 0 spiro atoms. The van der Waals surface area contributed by atoms with Gasteiger partial charge in [-0.25, -0.2) is 0 Å². The van der Waals surface area contributed by atoms with Gasteiger partial charge in [-0.1, -0.05) is 51.1 Å². The molecule has 1 aromatic rings. The van der Waals surface area contributed by atoms with Crippen LogP contribution in [0.5, 0.6) is 0 Å². The molecule has 0 heteroatoms. The van der Waals surface area contributed by atoms with Gasteiger partial charge in [0.05, 0.1) is 0 Å². The van der Waals surface area contributed by atoms with E-state index >= 15 is 0 Å². The van der Waals surface area contributed by atoms with Crippen molar-refractivity contribution in [3.63, 3.8) is 0 Å². The first-order valence-corrected chi connectivity index (χ1v) is 5.90. The maximum Gasteiger partial charge on any atom is -0.0198 e.